The van der Waals surface area contributed by atoms with Crippen LogP contribution in [0.25, 0.3) is 0 Å². The highest BCUT2D eigenvalue weighted by Crippen LogP contribution is 2.53. The number of ether oxygens (including phenoxy) is 1. The zero-order valence-corrected chi connectivity index (χ0v) is 15.2. The highest BCUT2D eigenvalue weighted by Gasteiger charge is 2.66. The molecule has 0 radical (unpaired) electrons. The van der Waals surface area contributed by atoms with Crippen molar-refractivity contribution in [1.29, 1.82) is 0 Å². The van der Waals surface area contributed by atoms with Crippen LogP contribution in [0.2, 0.25) is 0 Å². The van der Waals surface area contributed by atoms with Gasteiger partial charge in [-0.25, -0.2) is 4.99 Å². The summed E-state index contributed by atoms with van der Waals surface area (Å²) in [5.41, 5.74) is 1.99. The molecule has 2 atom stereocenters. The van der Waals surface area contributed by atoms with Crippen LogP contribution in [0.3, 0.4) is 0 Å². The number of hydrogen-bond acceptors (Lipinski definition) is 5. The van der Waals surface area contributed by atoms with E-state index in [4.69, 9.17) is 10.5 Å². The Morgan fingerprint density at radius 3 is 2.67 bits per heavy atom. The van der Waals surface area contributed by atoms with Gasteiger partial charge in [-0.15, -0.1) is 0 Å². The van der Waals surface area contributed by atoms with E-state index in [1.54, 1.807) is 18.2 Å². The van der Waals surface area contributed by atoms with Crippen LogP contribution in [0.5, 0.6) is 0 Å². The molecule has 11 heteroatoms. The molecule has 6 nitrogen and oxygen atoms in total. The number of hydrogen-bond donors (Lipinski definition) is 2. The minimum Gasteiger partial charge on any atom is -0.435 e. The van der Waals surface area contributed by atoms with E-state index in [-0.39, 0.29) is 12.0 Å². The van der Waals surface area contributed by atoms with Crippen molar-refractivity contribution in [3.05, 3.63) is 65.0 Å². The van der Waals surface area contributed by atoms with E-state index >= 15 is 8.78 Å². The largest absolute Gasteiger partial charge is 0.435 e. The average molecular weight is 426 g/mol. The smallest absolute Gasteiger partial charge is 0.418 e. The molecule has 0 bridgehead atoms. The van der Waals surface area contributed by atoms with Gasteiger partial charge in [0.15, 0.2) is 5.54 Å². The molecule has 4 rings (SSSR count). The Bertz CT molecular complexity index is 1040. The molecule has 2 aromatic rings. The Hall–Kier alpha value is -3.24. The molecule has 1 aliphatic carbocycles. The summed E-state index contributed by atoms with van der Waals surface area (Å²) in [5.74, 6) is -5.27. The number of carbonyl (C=O) groups excluding carboxylic acids is 1. The van der Waals surface area contributed by atoms with Crippen LogP contribution in [-0.2, 0) is 22.9 Å². The second-order valence-corrected chi connectivity index (χ2v) is 6.96. The Morgan fingerprint density at radius 1 is 1.20 bits per heavy atom. The predicted octanol–water partition coefficient (Wildman–Crippen LogP) is 2.98. The number of halogens is 5. The number of fused-ring (bicyclic) bond motifs is 2. The molecule has 3 N–H and O–H groups in total. The fourth-order valence-electron chi connectivity index (χ4n) is 3.88. The van der Waals surface area contributed by atoms with Gasteiger partial charge in [0, 0.05) is 6.20 Å². The number of pyridine rings is 1. The van der Waals surface area contributed by atoms with E-state index in [1.165, 1.54) is 6.07 Å². The molecule has 1 aromatic carbocycles. The first kappa shape index (κ1) is 20.0. The molecule has 30 heavy (non-hydrogen) atoms. The lowest BCUT2D eigenvalue weighted by Gasteiger charge is -2.42. The van der Waals surface area contributed by atoms with Gasteiger partial charge in [0.1, 0.15) is 5.69 Å². The molecule has 1 aliphatic heterocycles. The number of aryl methyl sites for hydroxylation is 1. The number of alkyl halides is 5. The van der Waals surface area contributed by atoms with Crippen molar-refractivity contribution in [3.8, 4) is 0 Å². The van der Waals surface area contributed by atoms with Gasteiger partial charge in [-0.3, -0.25) is 9.78 Å². The molecular weight excluding hydrogens is 411 g/mol. The van der Waals surface area contributed by atoms with Gasteiger partial charge in [-0.1, -0.05) is 24.3 Å². The maximum atomic E-state index is 15.5. The van der Waals surface area contributed by atoms with Crippen LogP contribution in [0.15, 0.2) is 47.6 Å². The Labute approximate surface area is 167 Å². The van der Waals surface area contributed by atoms with Gasteiger partial charge in [0.2, 0.25) is 6.23 Å². The van der Waals surface area contributed by atoms with Crippen molar-refractivity contribution in [1.82, 2.24) is 10.3 Å². The lowest BCUT2D eigenvalue weighted by molar-refractivity contribution is -0.174. The standard InChI is InChI=1S/C19H15F5N4O2/c20-18(21)15(27-14(29)13-12(19(22,23)24)6-3-9-26-13)30-16(25)28-17(18)8-7-10-4-1-2-5-11(10)17/h1-6,9,15H,7-8H2,(H2,25,28)(H,27,29)/t15?,17-/m1/s1. The van der Waals surface area contributed by atoms with Crippen LogP contribution in [0.4, 0.5) is 22.0 Å². The predicted molar refractivity (Wildman–Crippen MR) is 94.6 cm³/mol. The zero-order chi connectivity index (χ0) is 21.7. The first-order chi connectivity index (χ1) is 14.1. The van der Waals surface area contributed by atoms with Crippen LogP contribution < -0.4 is 11.1 Å². The number of amidine groups is 1. The monoisotopic (exact) mass is 426 g/mol. The van der Waals surface area contributed by atoms with Crippen molar-refractivity contribution in [2.75, 3.05) is 0 Å². The molecule has 158 valence electrons. The van der Waals surface area contributed by atoms with E-state index in [2.05, 4.69) is 9.98 Å². The fraction of sp³-hybridized carbons (Fsp3) is 0.316. The van der Waals surface area contributed by atoms with E-state index in [1.807, 2.05) is 5.32 Å². The number of nitrogens with zero attached hydrogens (tertiary/aromatic N) is 2. The van der Waals surface area contributed by atoms with Crippen LogP contribution in [0, 0.1) is 0 Å². The second-order valence-electron chi connectivity index (χ2n) is 6.96. The van der Waals surface area contributed by atoms with Crippen LogP contribution in [-0.4, -0.2) is 29.1 Å². The number of carbonyl (C=O) groups is 1. The molecule has 0 fully saturated rings. The maximum absolute atomic E-state index is 15.5. The van der Waals surface area contributed by atoms with Gasteiger partial charge < -0.3 is 15.8 Å². The van der Waals surface area contributed by atoms with Crippen molar-refractivity contribution < 1.29 is 31.5 Å². The Kier molecular flexibility index (Phi) is 4.44. The molecule has 0 saturated carbocycles. The molecule has 1 unspecified atom stereocenters. The van der Waals surface area contributed by atoms with E-state index in [0.29, 0.717) is 18.1 Å². The number of nitrogens with two attached hydrogens (primary N) is 1. The molecule has 1 amide bonds. The fourth-order valence-corrected chi connectivity index (χ4v) is 3.88. The summed E-state index contributed by atoms with van der Waals surface area (Å²) in [6, 6.07) is 7.45. The normalized spacial score (nSPS) is 24.7. The third-order valence-electron chi connectivity index (χ3n) is 5.23. The number of amides is 1. The Balaban J connectivity index is 1.71. The van der Waals surface area contributed by atoms with Crippen molar-refractivity contribution >= 4 is 11.9 Å². The first-order valence-electron chi connectivity index (χ1n) is 8.87. The van der Waals surface area contributed by atoms with E-state index in [0.717, 1.165) is 12.3 Å². The summed E-state index contributed by atoms with van der Waals surface area (Å²) in [4.78, 5) is 19.7. The number of nitrogens with one attached hydrogen (secondary N) is 1. The second kappa shape index (κ2) is 6.64. The zero-order valence-electron chi connectivity index (χ0n) is 15.2. The molecule has 1 spiro atoms. The topological polar surface area (TPSA) is 89.6 Å². The summed E-state index contributed by atoms with van der Waals surface area (Å²) in [7, 11) is 0. The molecule has 0 saturated heterocycles. The van der Waals surface area contributed by atoms with Crippen molar-refractivity contribution in [2.45, 2.75) is 36.7 Å². The highest BCUT2D eigenvalue weighted by molar-refractivity contribution is 5.94. The van der Waals surface area contributed by atoms with Gasteiger partial charge >= 0.3 is 12.1 Å². The first-order valence-corrected chi connectivity index (χ1v) is 8.87. The SMILES string of the molecule is NC1=N[C@@]2(CCc3ccccc32)C(F)(F)C(NC(=O)c2ncccc2C(F)(F)F)O1. The van der Waals surface area contributed by atoms with Gasteiger partial charge in [-0.05, 0) is 36.1 Å². The lowest BCUT2D eigenvalue weighted by atomic mass is 9.83. The number of aliphatic imine (C=N–C) groups is 1. The third kappa shape index (κ3) is 2.96. The highest BCUT2D eigenvalue weighted by atomic mass is 19.4. The summed E-state index contributed by atoms with van der Waals surface area (Å²) in [6.45, 7) is 0. The number of benzene rings is 1. The third-order valence-corrected chi connectivity index (χ3v) is 5.23. The van der Waals surface area contributed by atoms with E-state index < -0.39 is 47.1 Å². The molecule has 2 aliphatic rings. The van der Waals surface area contributed by atoms with E-state index in [9.17, 15) is 18.0 Å². The van der Waals surface area contributed by atoms with Crippen molar-refractivity contribution in [2.24, 2.45) is 10.7 Å². The molecule has 2 heterocycles. The van der Waals surface area contributed by atoms with Crippen LogP contribution in [0.1, 0.15) is 33.6 Å². The Morgan fingerprint density at radius 2 is 1.93 bits per heavy atom. The van der Waals surface area contributed by atoms with Gasteiger partial charge in [0.05, 0.1) is 5.56 Å². The molecule has 1 aromatic heterocycles. The maximum Gasteiger partial charge on any atom is 0.418 e. The van der Waals surface area contributed by atoms with Crippen LogP contribution >= 0.6 is 0 Å². The van der Waals surface area contributed by atoms with Crippen molar-refractivity contribution in [3.63, 3.8) is 0 Å². The average Bonchev–Trinajstić information content (AvgIpc) is 3.06. The summed E-state index contributed by atoms with van der Waals surface area (Å²) in [6.07, 6.45) is -6.09. The summed E-state index contributed by atoms with van der Waals surface area (Å²) < 4.78 is 75.5. The number of rotatable bonds is 2. The van der Waals surface area contributed by atoms with Gasteiger partial charge in [0.25, 0.3) is 11.9 Å². The minimum atomic E-state index is -4.90. The minimum absolute atomic E-state index is 0.104. The van der Waals surface area contributed by atoms with Gasteiger partial charge in [-0.2, -0.15) is 22.0 Å². The summed E-state index contributed by atoms with van der Waals surface area (Å²) in [5, 5.41) is 1.82. The summed E-state index contributed by atoms with van der Waals surface area (Å²) >= 11 is 0. The molecular formula is C19H15F5N4O2. The number of aromatic nitrogens is 1. The lowest BCUT2D eigenvalue weighted by Crippen LogP contribution is -2.63. The quantitative estimate of drug-likeness (QED) is 0.723.